The highest BCUT2D eigenvalue weighted by molar-refractivity contribution is 5.89. The lowest BCUT2D eigenvalue weighted by atomic mass is 10.1. The lowest BCUT2D eigenvalue weighted by molar-refractivity contribution is -0.114. The summed E-state index contributed by atoms with van der Waals surface area (Å²) >= 11 is 0. The molecule has 0 unspecified atom stereocenters. The van der Waals surface area contributed by atoms with Gasteiger partial charge in [0, 0.05) is 12.6 Å². The predicted molar refractivity (Wildman–Crippen MR) is 115 cm³/mol. The number of anilines is 1. The third kappa shape index (κ3) is 5.61. The molecule has 1 amide bonds. The maximum absolute atomic E-state index is 11.1. The first-order chi connectivity index (χ1) is 13.6. The lowest BCUT2D eigenvalue weighted by Crippen LogP contribution is -2.05. The van der Waals surface area contributed by atoms with Gasteiger partial charge in [0.2, 0.25) is 5.91 Å². The van der Waals surface area contributed by atoms with Gasteiger partial charge in [0.15, 0.2) is 0 Å². The number of nitrogens with zero attached hydrogens (tertiary/aromatic N) is 2. The Bertz CT molecular complexity index is 927. The summed E-state index contributed by atoms with van der Waals surface area (Å²) in [6.45, 7) is 3.71. The van der Waals surface area contributed by atoms with Gasteiger partial charge in [0.25, 0.3) is 0 Å². The number of carbonyl (C=O) groups is 1. The molecule has 3 aromatic carbocycles. The Morgan fingerprint density at radius 3 is 1.79 bits per heavy atom. The van der Waals surface area contributed by atoms with Crippen LogP contribution in [-0.2, 0) is 11.2 Å². The van der Waals surface area contributed by atoms with Crippen LogP contribution in [0, 0.1) is 0 Å². The SMILES string of the molecule is CCCCc1ccc(/N=N/c2ccc(-c3ccc(NC(C)=O)cc3)cc2)cc1. The monoisotopic (exact) mass is 371 g/mol. The van der Waals surface area contributed by atoms with Crippen LogP contribution in [0.15, 0.2) is 83.0 Å². The molecule has 3 aromatic rings. The molecular weight excluding hydrogens is 346 g/mol. The number of rotatable bonds is 7. The molecule has 0 atom stereocenters. The minimum Gasteiger partial charge on any atom is -0.326 e. The second-order valence-electron chi connectivity index (χ2n) is 6.78. The summed E-state index contributed by atoms with van der Waals surface area (Å²) in [4.78, 5) is 11.1. The normalized spacial score (nSPS) is 10.9. The number of azo groups is 1. The number of aryl methyl sites for hydroxylation is 1. The van der Waals surface area contributed by atoms with Crippen LogP contribution < -0.4 is 5.32 Å². The first kappa shape index (κ1) is 19.5. The molecule has 0 saturated carbocycles. The van der Waals surface area contributed by atoms with Crippen LogP contribution in [-0.4, -0.2) is 5.91 Å². The molecule has 28 heavy (non-hydrogen) atoms. The van der Waals surface area contributed by atoms with Crippen LogP contribution >= 0.6 is 0 Å². The van der Waals surface area contributed by atoms with Crippen molar-refractivity contribution in [1.29, 1.82) is 0 Å². The molecule has 142 valence electrons. The Hall–Kier alpha value is -3.27. The van der Waals surface area contributed by atoms with Gasteiger partial charge in [-0.2, -0.15) is 10.2 Å². The highest BCUT2D eigenvalue weighted by atomic mass is 16.1. The number of hydrogen-bond acceptors (Lipinski definition) is 3. The summed E-state index contributed by atoms with van der Waals surface area (Å²) in [5.74, 6) is -0.0712. The van der Waals surface area contributed by atoms with E-state index in [-0.39, 0.29) is 5.91 Å². The van der Waals surface area contributed by atoms with E-state index in [0.717, 1.165) is 34.6 Å². The van der Waals surface area contributed by atoms with Crippen LogP contribution in [0.3, 0.4) is 0 Å². The van der Waals surface area contributed by atoms with Crippen LogP contribution in [0.5, 0.6) is 0 Å². The maximum Gasteiger partial charge on any atom is 0.221 e. The number of unbranched alkanes of at least 4 members (excludes halogenated alkanes) is 1. The third-order valence-corrected chi connectivity index (χ3v) is 4.44. The van der Waals surface area contributed by atoms with Gasteiger partial charge in [-0.25, -0.2) is 0 Å². The van der Waals surface area contributed by atoms with Gasteiger partial charge in [-0.15, -0.1) is 0 Å². The third-order valence-electron chi connectivity index (χ3n) is 4.44. The minimum absolute atomic E-state index is 0.0712. The fraction of sp³-hybridized carbons (Fsp3) is 0.208. The Kier molecular flexibility index (Phi) is 6.68. The smallest absolute Gasteiger partial charge is 0.221 e. The van der Waals surface area contributed by atoms with Crippen molar-refractivity contribution in [3.63, 3.8) is 0 Å². The average Bonchev–Trinajstić information content (AvgIpc) is 2.72. The number of carbonyl (C=O) groups excluding carboxylic acids is 1. The molecule has 4 nitrogen and oxygen atoms in total. The molecule has 0 fully saturated rings. The van der Waals surface area contributed by atoms with E-state index in [0.29, 0.717) is 0 Å². The molecule has 0 saturated heterocycles. The van der Waals surface area contributed by atoms with Crippen molar-refractivity contribution in [2.24, 2.45) is 10.2 Å². The summed E-state index contributed by atoms with van der Waals surface area (Å²) in [6, 6.07) is 24.0. The molecule has 0 aliphatic heterocycles. The summed E-state index contributed by atoms with van der Waals surface area (Å²) in [7, 11) is 0. The van der Waals surface area contributed by atoms with Crippen molar-refractivity contribution >= 4 is 23.0 Å². The van der Waals surface area contributed by atoms with Crippen molar-refractivity contribution in [2.75, 3.05) is 5.32 Å². The van der Waals surface area contributed by atoms with Crippen molar-refractivity contribution in [1.82, 2.24) is 0 Å². The standard InChI is InChI=1S/C24H25N3O/c1-3-4-5-19-6-12-23(13-7-19)26-27-24-16-10-21(11-17-24)20-8-14-22(15-9-20)25-18(2)28/h6-17H,3-5H2,1-2H3,(H,25,28)/b27-26+. The van der Waals surface area contributed by atoms with Crippen molar-refractivity contribution in [3.05, 3.63) is 78.4 Å². The van der Waals surface area contributed by atoms with E-state index in [9.17, 15) is 4.79 Å². The van der Waals surface area contributed by atoms with Crippen LogP contribution in [0.1, 0.15) is 32.3 Å². The van der Waals surface area contributed by atoms with Gasteiger partial charge in [0.1, 0.15) is 0 Å². The Balaban J connectivity index is 1.63. The first-order valence-electron chi connectivity index (χ1n) is 9.63. The lowest BCUT2D eigenvalue weighted by Gasteiger charge is -2.05. The fourth-order valence-electron chi connectivity index (χ4n) is 2.90. The summed E-state index contributed by atoms with van der Waals surface area (Å²) in [6.07, 6.45) is 3.53. The van der Waals surface area contributed by atoms with Crippen molar-refractivity contribution in [2.45, 2.75) is 33.1 Å². The Morgan fingerprint density at radius 2 is 1.29 bits per heavy atom. The first-order valence-corrected chi connectivity index (χ1v) is 9.63. The van der Waals surface area contributed by atoms with E-state index >= 15 is 0 Å². The second-order valence-corrected chi connectivity index (χ2v) is 6.78. The highest BCUT2D eigenvalue weighted by Gasteiger charge is 2.00. The van der Waals surface area contributed by atoms with E-state index in [4.69, 9.17) is 0 Å². The molecule has 4 heteroatoms. The minimum atomic E-state index is -0.0712. The van der Waals surface area contributed by atoms with Crippen LogP contribution in [0.4, 0.5) is 17.1 Å². The molecular formula is C24H25N3O. The Morgan fingerprint density at radius 1 is 0.786 bits per heavy atom. The summed E-state index contributed by atoms with van der Waals surface area (Å²) < 4.78 is 0. The van der Waals surface area contributed by atoms with E-state index in [1.54, 1.807) is 0 Å². The number of hydrogen-bond donors (Lipinski definition) is 1. The Labute approximate surface area is 166 Å². The predicted octanol–water partition coefficient (Wildman–Crippen LogP) is 7.07. The summed E-state index contributed by atoms with van der Waals surface area (Å²) in [5, 5.41) is 11.4. The number of benzene rings is 3. The molecule has 0 spiro atoms. The second kappa shape index (κ2) is 9.60. The van der Waals surface area contributed by atoms with Crippen LogP contribution in [0.25, 0.3) is 11.1 Å². The quantitative estimate of drug-likeness (QED) is 0.444. The average molecular weight is 371 g/mol. The zero-order valence-corrected chi connectivity index (χ0v) is 16.4. The van der Waals surface area contributed by atoms with E-state index < -0.39 is 0 Å². The largest absolute Gasteiger partial charge is 0.326 e. The van der Waals surface area contributed by atoms with Crippen molar-refractivity contribution in [3.8, 4) is 11.1 Å². The van der Waals surface area contributed by atoms with E-state index in [1.807, 2.05) is 60.7 Å². The zero-order valence-electron chi connectivity index (χ0n) is 16.4. The van der Waals surface area contributed by atoms with E-state index in [2.05, 4.69) is 34.6 Å². The molecule has 1 N–H and O–H groups in total. The molecule has 0 aliphatic carbocycles. The van der Waals surface area contributed by atoms with Gasteiger partial charge in [-0.1, -0.05) is 49.7 Å². The topological polar surface area (TPSA) is 53.8 Å². The molecule has 0 radical (unpaired) electrons. The number of nitrogens with one attached hydrogen (secondary N) is 1. The van der Waals surface area contributed by atoms with E-state index in [1.165, 1.54) is 25.3 Å². The molecule has 0 aromatic heterocycles. The van der Waals surface area contributed by atoms with Crippen LogP contribution in [0.2, 0.25) is 0 Å². The van der Waals surface area contributed by atoms with Crippen molar-refractivity contribution < 1.29 is 4.79 Å². The molecule has 0 heterocycles. The van der Waals surface area contributed by atoms with Gasteiger partial charge in [0.05, 0.1) is 11.4 Å². The van der Waals surface area contributed by atoms with Gasteiger partial charge in [-0.05, 0) is 65.9 Å². The molecule has 3 rings (SSSR count). The fourth-order valence-corrected chi connectivity index (χ4v) is 2.90. The number of amides is 1. The van der Waals surface area contributed by atoms with Gasteiger partial charge < -0.3 is 5.32 Å². The zero-order chi connectivity index (χ0) is 19.8. The van der Waals surface area contributed by atoms with Gasteiger partial charge in [-0.3, -0.25) is 4.79 Å². The maximum atomic E-state index is 11.1. The summed E-state index contributed by atoms with van der Waals surface area (Å²) in [5.41, 5.74) is 5.98. The molecule has 0 bridgehead atoms. The highest BCUT2D eigenvalue weighted by Crippen LogP contribution is 2.25. The molecule has 0 aliphatic rings. The van der Waals surface area contributed by atoms with Gasteiger partial charge >= 0.3 is 0 Å².